The Kier molecular flexibility index (Phi) is 3.33. The van der Waals surface area contributed by atoms with Crippen LogP contribution < -0.4 is 5.32 Å². The molecule has 18 heavy (non-hydrogen) atoms. The number of carbonyl (C=O) groups excluding carboxylic acids is 1. The highest BCUT2D eigenvalue weighted by atomic mass is 16.1. The van der Waals surface area contributed by atoms with Crippen molar-refractivity contribution < 1.29 is 7.65 Å². The van der Waals surface area contributed by atoms with E-state index in [1.54, 1.807) is 0 Å². The summed E-state index contributed by atoms with van der Waals surface area (Å²) >= 11 is 0. The number of rotatable bonds is 3. The number of benzene rings is 1. The molecule has 2 aromatic rings. The zero-order chi connectivity index (χ0) is 13.1. The van der Waals surface area contributed by atoms with Gasteiger partial charge in [-0.15, -0.1) is 0 Å². The predicted molar refractivity (Wildman–Crippen MR) is 74.4 cm³/mol. The molecular weight excluding hydrogens is 226 g/mol. The van der Waals surface area contributed by atoms with Crippen molar-refractivity contribution in [1.29, 1.82) is 5.26 Å². The van der Waals surface area contributed by atoms with Gasteiger partial charge in [-0.25, -0.2) is 0 Å². The Labute approximate surface area is 109 Å². The van der Waals surface area contributed by atoms with Crippen molar-refractivity contribution in [3.8, 4) is 6.07 Å². The van der Waals surface area contributed by atoms with Crippen LogP contribution in [0.25, 0.3) is 10.9 Å². The lowest BCUT2D eigenvalue weighted by Gasteiger charge is -2.02. The van der Waals surface area contributed by atoms with Gasteiger partial charge in [0.2, 0.25) is 5.91 Å². The number of nitrogens with zero attached hydrogens (tertiary/aromatic N) is 1. The highest BCUT2D eigenvalue weighted by Gasteiger charge is 2.07. The summed E-state index contributed by atoms with van der Waals surface area (Å²) in [5.74, 6) is -0.0243. The van der Waals surface area contributed by atoms with Crippen LogP contribution >= 0.6 is 0 Å². The SMILES string of the molecule is CC(=O)NCCc1c[nH]c2c(C)cc(C#N)cc12.[HH].[HH]. The van der Waals surface area contributed by atoms with Crippen molar-refractivity contribution >= 4 is 16.8 Å². The minimum Gasteiger partial charge on any atom is -0.361 e. The molecule has 0 aliphatic rings. The first-order valence-corrected chi connectivity index (χ1v) is 5.87. The number of hydrogen-bond acceptors (Lipinski definition) is 2. The smallest absolute Gasteiger partial charge is 0.216 e. The molecule has 4 nitrogen and oxygen atoms in total. The van der Waals surface area contributed by atoms with Crippen LogP contribution in [0.15, 0.2) is 18.3 Å². The topological polar surface area (TPSA) is 68.7 Å². The first kappa shape index (κ1) is 12.2. The van der Waals surface area contributed by atoms with E-state index in [1.165, 1.54) is 6.92 Å². The fourth-order valence-corrected chi connectivity index (χ4v) is 2.11. The Bertz CT molecular complexity index is 644. The molecule has 0 aliphatic carbocycles. The van der Waals surface area contributed by atoms with Crippen molar-refractivity contribution in [2.45, 2.75) is 20.3 Å². The molecule has 1 amide bonds. The van der Waals surface area contributed by atoms with E-state index < -0.39 is 0 Å². The molecule has 96 valence electrons. The second-order valence-electron chi connectivity index (χ2n) is 4.37. The highest BCUT2D eigenvalue weighted by Crippen LogP contribution is 2.23. The summed E-state index contributed by atoms with van der Waals surface area (Å²) in [4.78, 5) is 14.1. The maximum atomic E-state index is 10.8. The number of H-pyrrole nitrogens is 1. The van der Waals surface area contributed by atoms with E-state index in [4.69, 9.17) is 5.26 Å². The average molecular weight is 245 g/mol. The van der Waals surface area contributed by atoms with Crippen molar-refractivity contribution in [3.63, 3.8) is 0 Å². The maximum Gasteiger partial charge on any atom is 0.216 e. The van der Waals surface area contributed by atoms with Crippen LogP contribution in [0.1, 0.15) is 26.5 Å². The Hall–Kier alpha value is -2.28. The third-order valence-corrected chi connectivity index (χ3v) is 2.97. The summed E-state index contributed by atoms with van der Waals surface area (Å²) in [6.45, 7) is 4.10. The molecule has 0 saturated heterocycles. The summed E-state index contributed by atoms with van der Waals surface area (Å²) in [5, 5.41) is 12.8. The van der Waals surface area contributed by atoms with Gasteiger partial charge in [-0.05, 0) is 36.6 Å². The Balaban J connectivity index is 0.00000180. The van der Waals surface area contributed by atoms with Crippen molar-refractivity contribution in [3.05, 3.63) is 35.0 Å². The second-order valence-corrected chi connectivity index (χ2v) is 4.37. The Morgan fingerprint density at radius 3 is 3.00 bits per heavy atom. The molecule has 2 N–H and O–H groups in total. The maximum absolute atomic E-state index is 10.8. The van der Waals surface area contributed by atoms with E-state index in [0.29, 0.717) is 12.1 Å². The van der Waals surface area contributed by atoms with Gasteiger partial charge in [0.05, 0.1) is 11.6 Å². The molecule has 0 bridgehead atoms. The van der Waals surface area contributed by atoms with Gasteiger partial charge in [-0.2, -0.15) is 5.26 Å². The number of carbonyl (C=O) groups is 1. The van der Waals surface area contributed by atoms with E-state index in [2.05, 4.69) is 16.4 Å². The summed E-state index contributed by atoms with van der Waals surface area (Å²) in [6.07, 6.45) is 2.70. The van der Waals surface area contributed by atoms with Crippen LogP contribution in [-0.4, -0.2) is 17.4 Å². The molecule has 0 atom stereocenters. The van der Waals surface area contributed by atoms with Crippen LogP contribution in [0.5, 0.6) is 0 Å². The van der Waals surface area contributed by atoms with Crippen molar-refractivity contribution in [1.82, 2.24) is 10.3 Å². The molecule has 2 rings (SSSR count). The Morgan fingerprint density at radius 1 is 1.56 bits per heavy atom. The number of fused-ring (bicyclic) bond motifs is 1. The molecule has 0 fully saturated rings. The number of hydrogen-bond donors (Lipinski definition) is 2. The van der Waals surface area contributed by atoms with E-state index in [9.17, 15) is 4.79 Å². The van der Waals surface area contributed by atoms with Gasteiger partial charge in [0.1, 0.15) is 0 Å². The van der Waals surface area contributed by atoms with Gasteiger partial charge in [0, 0.05) is 33.4 Å². The standard InChI is InChI=1S/C14H15N3O.2H2/c1-9-5-11(7-15)6-13-12(8-17-14(9)13)3-4-16-10(2)18;;/h5-6,8,17H,3-4H2,1-2H3,(H,16,18);2*1H. The molecular formula is C14H19N3O. The molecule has 0 aliphatic heterocycles. The summed E-state index contributed by atoms with van der Waals surface area (Å²) in [7, 11) is 0. The van der Waals surface area contributed by atoms with Crippen LogP contribution in [0.4, 0.5) is 0 Å². The van der Waals surface area contributed by atoms with Crippen LogP contribution in [0.2, 0.25) is 0 Å². The van der Waals surface area contributed by atoms with Crippen LogP contribution in [0, 0.1) is 18.3 Å². The first-order valence-electron chi connectivity index (χ1n) is 5.87. The Morgan fingerprint density at radius 2 is 2.33 bits per heavy atom. The normalized spacial score (nSPS) is 10.3. The van der Waals surface area contributed by atoms with Gasteiger partial charge in [0.25, 0.3) is 0 Å². The van der Waals surface area contributed by atoms with Gasteiger partial charge in [0.15, 0.2) is 0 Å². The number of aromatic amines is 1. The quantitative estimate of drug-likeness (QED) is 0.872. The fourth-order valence-electron chi connectivity index (χ4n) is 2.11. The molecule has 0 unspecified atom stereocenters. The van der Waals surface area contributed by atoms with E-state index in [-0.39, 0.29) is 8.76 Å². The van der Waals surface area contributed by atoms with E-state index in [1.807, 2.05) is 25.3 Å². The lowest BCUT2D eigenvalue weighted by atomic mass is 10.0. The number of amides is 1. The fraction of sp³-hybridized carbons (Fsp3) is 0.286. The van der Waals surface area contributed by atoms with Gasteiger partial charge in [-0.1, -0.05) is 0 Å². The van der Waals surface area contributed by atoms with E-state index >= 15 is 0 Å². The summed E-state index contributed by atoms with van der Waals surface area (Å²) in [6, 6.07) is 5.93. The first-order chi connectivity index (χ1) is 8.61. The third kappa shape index (κ3) is 2.35. The molecule has 4 heteroatoms. The zero-order valence-electron chi connectivity index (χ0n) is 10.5. The van der Waals surface area contributed by atoms with Crippen LogP contribution in [-0.2, 0) is 11.2 Å². The van der Waals surface area contributed by atoms with Gasteiger partial charge in [-0.3, -0.25) is 4.79 Å². The monoisotopic (exact) mass is 245 g/mol. The molecule has 1 heterocycles. The highest BCUT2D eigenvalue weighted by molar-refractivity contribution is 5.87. The van der Waals surface area contributed by atoms with Crippen LogP contribution in [0.3, 0.4) is 0 Å². The number of aromatic nitrogens is 1. The van der Waals surface area contributed by atoms with E-state index in [0.717, 1.165) is 28.5 Å². The largest absolute Gasteiger partial charge is 0.361 e. The number of nitriles is 1. The van der Waals surface area contributed by atoms with Gasteiger partial charge < -0.3 is 10.3 Å². The zero-order valence-corrected chi connectivity index (χ0v) is 10.5. The average Bonchev–Trinajstić information content (AvgIpc) is 2.72. The minimum absolute atomic E-state index is 0. The molecule has 0 radical (unpaired) electrons. The molecule has 0 spiro atoms. The summed E-state index contributed by atoms with van der Waals surface area (Å²) in [5.41, 5.74) is 3.92. The van der Waals surface area contributed by atoms with Gasteiger partial charge >= 0.3 is 0 Å². The molecule has 0 saturated carbocycles. The molecule has 1 aromatic carbocycles. The number of nitrogens with one attached hydrogen (secondary N) is 2. The second kappa shape index (κ2) is 4.92. The predicted octanol–water partition coefficient (Wildman–Crippen LogP) is 2.52. The summed E-state index contributed by atoms with van der Waals surface area (Å²) < 4.78 is 0. The minimum atomic E-state index is -0.0243. The lowest BCUT2D eigenvalue weighted by molar-refractivity contribution is -0.118. The number of aryl methyl sites for hydroxylation is 1. The lowest BCUT2D eigenvalue weighted by Crippen LogP contribution is -2.22. The molecule has 1 aromatic heterocycles. The van der Waals surface area contributed by atoms with Crippen molar-refractivity contribution in [2.75, 3.05) is 6.54 Å². The third-order valence-electron chi connectivity index (χ3n) is 2.97. The van der Waals surface area contributed by atoms with Crippen molar-refractivity contribution in [2.24, 2.45) is 0 Å².